The Morgan fingerprint density at radius 1 is 1.12 bits per heavy atom. The Morgan fingerprint density at radius 2 is 1.88 bits per heavy atom. The zero-order valence-electron chi connectivity index (χ0n) is 14.8. The second-order valence-corrected chi connectivity index (χ2v) is 6.15. The molecular formula is C19H28IN3O2. The van der Waals surface area contributed by atoms with Crippen molar-refractivity contribution in [1.29, 1.82) is 0 Å². The van der Waals surface area contributed by atoms with E-state index in [0.717, 1.165) is 30.8 Å². The van der Waals surface area contributed by atoms with Crippen LogP contribution in [0.25, 0.3) is 0 Å². The molecule has 0 aliphatic rings. The van der Waals surface area contributed by atoms with Gasteiger partial charge in [0.2, 0.25) is 0 Å². The highest BCUT2D eigenvalue weighted by molar-refractivity contribution is 14.0. The van der Waals surface area contributed by atoms with Crippen molar-refractivity contribution >= 4 is 29.9 Å². The summed E-state index contributed by atoms with van der Waals surface area (Å²) in [5.41, 5.74) is 0.892. The molecule has 0 aliphatic carbocycles. The molecule has 3 N–H and O–H groups in total. The highest BCUT2D eigenvalue weighted by Crippen LogP contribution is 2.10. The van der Waals surface area contributed by atoms with Crippen LogP contribution in [0.5, 0.6) is 0 Å². The zero-order valence-corrected chi connectivity index (χ0v) is 17.1. The lowest BCUT2D eigenvalue weighted by Gasteiger charge is -2.16. The van der Waals surface area contributed by atoms with E-state index in [-0.39, 0.29) is 24.0 Å². The predicted octanol–water partition coefficient (Wildman–Crippen LogP) is 3.36. The van der Waals surface area contributed by atoms with Crippen molar-refractivity contribution in [3.63, 3.8) is 0 Å². The minimum atomic E-state index is -0.567. The number of hydrogen-bond donors (Lipinski definition) is 3. The number of furan rings is 1. The third-order valence-corrected chi connectivity index (χ3v) is 3.51. The Bertz CT molecular complexity index is 600. The molecule has 0 radical (unpaired) electrons. The number of halogens is 1. The lowest BCUT2D eigenvalue weighted by Crippen LogP contribution is -2.40. The van der Waals surface area contributed by atoms with E-state index in [1.165, 1.54) is 0 Å². The average molecular weight is 457 g/mol. The van der Waals surface area contributed by atoms with Crippen LogP contribution in [0.2, 0.25) is 0 Å². The molecule has 2 aromatic rings. The summed E-state index contributed by atoms with van der Waals surface area (Å²) in [6.07, 6.45) is 1.90. The predicted molar refractivity (Wildman–Crippen MR) is 112 cm³/mol. The topological polar surface area (TPSA) is 69.8 Å². The van der Waals surface area contributed by atoms with Gasteiger partial charge in [-0.05, 0) is 23.6 Å². The summed E-state index contributed by atoms with van der Waals surface area (Å²) in [4.78, 5) is 4.56. The second-order valence-electron chi connectivity index (χ2n) is 6.15. The maximum Gasteiger partial charge on any atom is 0.191 e. The molecule has 0 aliphatic heterocycles. The van der Waals surface area contributed by atoms with Crippen molar-refractivity contribution in [2.75, 3.05) is 19.6 Å². The first-order valence-electron chi connectivity index (χ1n) is 8.42. The number of rotatable bonds is 8. The van der Waals surface area contributed by atoms with E-state index in [1.54, 1.807) is 6.26 Å². The monoisotopic (exact) mass is 457 g/mol. The van der Waals surface area contributed by atoms with E-state index < -0.39 is 6.10 Å². The summed E-state index contributed by atoms with van der Waals surface area (Å²) in [6.45, 7) is 6.12. The molecule has 2 rings (SSSR count). The van der Waals surface area contributed by atoms with Crippen molar-refractivity contribution in [2.24, 2.45) is 10.9 Å². The van der Waals surface area contributed by atoms with E-state index >= 15 is 0 Å². The molecule has 1 atom stereocenters. The van der Waals surface area contributed by atoms with E-state index in [1.807, 2.05) is 42.5 Å². The molecule has 0 saturated carbocycles. The molecule has 0 spiro atoms. The van der Waals surface area contributed by atoms with Gasteiger partial charge < -0.3 is 20.2 Å². The zero-order chi connectivity index (χ0) is 17.2. The SMILES string of the molecule is CC(C)CN=C(NCCc1ccco1)NCC(O)c1ccccc1.I. The van der Waals surface area contributed by atoms with Gasteiger partial charge in [-0.25, -0.2) is 0 Å². The van der Waals surface area contributed by atoms with Crippen molar-refractivity contribution < 1.29 is 9.52 Å². The maximum absolute atomic E-state index is 10.3. The van der Waals surface area contributed by atoms with Gasteiger partial charge in [0, 0.05) is 26.1 Å². The van der Waals surface area contributed by atoms with Gasteiger partial charge in [-0.3, -0.25) is 4.99 Å². The van der Waals surface area contributed by atoms with Gasteiger partial charge in [0.05, 0.1) is 12.4 Å². The summed E-state index contributed by atoms with van der Waals surface area (Å²) in [5, 5.41) is 16.8. The molecule has 0 bridgehead atoms. The molecule has 1 aromatic heterocycles. The van der Waals surface area contributed by atoms with Gasteiger partial charge in [0.1, 0.15) is 5.76 Å². The van der Waals surface area contributed by atoms with Gasteiger partial charge in [-0.15, -0.1) is 24.0 Å². The van der Waals surface area contributed by atoms with E-state index in [4.69, 9.17) is 4.42 Å². The number of aliphatic hydroxyl groups is 1. The van der Waals surface area contributed by atoms with Crippen LogP contribution in [0.3, 0.4) is 0 Å². The molecule has 0 amide bonds. The minimum Gasteiger partial charge on any atom is -0.469 e. The number of hydrogen-bond acceptors (Lipinski definition) is 3. The Balaban J connectivity index is 0.00000312. The average Bonchev–Trinajstić information content (AvgIpc) is 3.10. The number of aliphatic imine (C=N–C) groups is 1. The van der Waals surface area contributed by atoms with Crippen molar-refractivity contribution in [2.45, 2.75) is 26.4 Å². The van der Waals surface area contributed by atoms with Crippen LogP contribution < -0.4 is 10.6 Å². The Labute approximate surface area is 167 Å². The smallest absolute Gasteiger partial charge is 0.191 e. The molecular weight excluding hydrogens is 429 g/mol. The fourth-order valence-electron chi connectivity index (χ4n) is 2.19. The summed E-state index contributed by atoms with van der Waals surface area (Å²) in [6, 6.07) is 13.5. The number of nitrogens with zero attached hydrogens (tertiary/aromatic N) is 1. The van der Waals surface area contributed by atoms with Gasteiger partial charge in [-0.2, -0.15) is 0 Å². The lowest BCUT2D eigenvalue weighted by atomic mass is 10.1. The first kappa shape index (κ1) is 21.5. The Hall–Kier alpha value is -1.54. The Kier molecular flexibility index (Phi) is 10.3. The van der Waals surface area contributed by atoms with Crippen LogP contribution >= 0.6 is 24.0 Å². The fourth-order valence-corrected chi connectivity index (χ4v) is 2.19. The maximum atomic E-state index is 10.3. The minimum absolute atomic E-state index is 0. The molecule has 0 fully saturated rings. The van der Waals surface area contributed by atoms with Crippen molar-refractivity contribution in [3.8, 4) is 0 Å². The fraction of sp³-hybridized carbons (Fsp3) is 0.421. The number of benzene rings is 1. The number of nitrogens with one attached hydrogen (secondary N) is 2. The summed E-state index contributed by atoms with van der Waals surface area (Å²) in [5.74, 6) is 2.13. The van der Waals surface area contributed by atoms with Gasteiger partial charge >= 0.3 is 0 Å². The van der Waals surface area contributed by atoms with Crippen LogP contribution in [0, 0.1) is 5.92 Å². The van der Waals surface area contributed by atoms with E-state index in [2.05, 4.69) is 29.5 Å². The first-order valence-corrected chi connectivity index (χ1v) is 8.42. The third kappa shape index (κ3) is 8.40. The first-order chi connectivity index (χ1) is 11.6. The van der Waals surface area contributed by atoms with E-state index in [0.29, 0.717) is 18.4 Å². The molecule has 6 heteroatoms. The van der Waals surface area contributed by atoms with Crippen LogP contribution in [0.1, 0.15) is 31.3 Å². The Morgan fingerprint density at radius 3 is 2.52 bits per heavy atom. The van der Waals surface area contributed by atoms with Gasteiger partial charge in [-0.1, -0.05) is 44.2 Å². The second kappa shape index (κ2) is 11.9. The van der Waals surface area contributed by atoms with Gasteiger partial charge in [0.15, 0.2) is 5.96 Å². The van der Waals surface area contributed by atoms with Crippen LogP contribution in [0.15, 0.2) is 58.1 Å². The highest BCUT2D eigenvalue weighted by Gasteiger charge is 2.08. The molecule has 5 nitrogen and oxygen atoms in total. The van der Waals surface area contributed by atoms with Gasteiger partial charge in [0.25, 0.3) is 0 Å². The third-order valence-electron chi connectivity index (χ3n) is 3.51. The molecule has 25 heavy (non-hydrogen) atoms. The summed E-state index contributed by atoms with van der Waals surface area (Å²) < 4.78 is 5.33. The lowest BCUT2D eigenvalue weighted by molar-refractivity contribution is 0.181. The normalized spacial score (nSPS) is 12.6. The van der Waals surface area contributed by atoms with E-state index in [9.17, 15) is 5.11 Å². The quantitative estimate of drug-likeness (QED) is 0.323. The molecule has 1 unspecified atom stereocenters. The van der Waals surface area contributed by atoms with Crippen molar-refractivity contribution in [1.82, 2.24) is 10.6 Å². The van der Waals surface area contributed by atoms with Crippen molar-refractivity contribution in [3.05, 3.63) is 60.1 Å². The highest BCUT2D eigenvalue weighted by atomic mass is 127. The molecule has 138 valence electrons. The van der Waals surface area contributed by atoms with Crippen LogP contribution in [-0.4, -0.2) is 30.7 Å². The molecule has 1 heterocycles. The van der Waals surface area contributed by atoms with Crippen LogP contribution in [-0.2, 0) is 6.42 Å². The summed E-state index contributed by atoms with van der Waals surface area (Å²) >= 11 is 0. The van der Waals surface area contributed by atoms with Crippen LogP contribution in [0.4, 0.5) is 0 Å². The number of aliphatic hydroxyl groups excluding tert-OH is 1. The standard InChI is InChI=1S/C19H27N3O2.HI/c1-15(2)13-21-19(20-11-10-17-9-6-12-24-17)22-14-18(23)16-7-4-3-5-8-16;/h3-9,12,15,18,23H,10-11,13-14H2,1-2H3,(H2,20,21,22);1H. The number of guanidine groups is 1. The largest absolute Gasteiger partial charge is 0.469 e. The summed E-state index contributed by atoms with van der Waals surface area (Å²) in [7, 11) is 0. The molecule has 0 saturated heterocycles. The molecule has 1 aromatic carbocycles.